The van der Waals surface area contributed by atoms with Gasteiger partial charge in [0.05, 0.1) is 5.56 Å². The van der Waals surface area contributed by atoms with E-state index in [9.17, 15) is 4.79 Å². The average Bonchev–Trinajstić information content (AvgIpc) is 2.88. The molecule has 1 N–H and O–H groups in total. The maximum atomic E-state index is 11.2. The number of aromatic nitrogens is 2. The topological polar surface area (TPSA) is 58.4 Å². The Bertz CT molecular complexity index is 607. The summed E-state index contributed by atoms with van der Waals surface area (Å²) in [5.41, 5.74) is 2.49. The van der Waals surface area contributed by atoms with E-state index in [0.717, 1.165) is 31.5 Å². The molecule has 112 valence electrons. The summed E-state index contributed by atoms with van der Waals surface area (Å²) in [6, 6.07) is 9.22. The first-order valence-corrected chi connectivity index (χ1v) is 7.04. The van der Waals surface area contributed by atoms with Gasteiger partial charge in [0.15, 0.2) is 0 Å². The van der Waals surface area contributed by atoms with E-state index in [-0.39, 0.29) is 0 Å². The van der Waals surface area contributed by atoms with Gasteiger partial charge < -0.3 is 10.0 Å². The van der Waals surface area contributed by atoms with Gasteiger partial charge in [0.1, 0.15) is 0 Å². The second-order valence-electron chi connectivity index (χ2n) is 5.21. The lowest BCUT2D eigenvalue weighted by molar-refractivity contribution is 0.0695. The van der Waals surface area contributed by atoms with E-state index in [1.165, 1.54) is 5.69 Å². The minimum Gasteiger partial charge on any atom is -0.478 e. The number of hydrogen-bond acceptors (Lipinski definition) is 3. The number of aryl methyl sites for hydroxylation is 1. The van der Waals surface area contributed by atoms with Crippen LogP contribution in [0, 0.1) is 0 Å². The summed E-state index contributed by atoms with van der Waals surface area (Å²) in [7, 11) is 4.00. The Balaban J connectivity index is 1.85. The number of carboxylic acids is 1. The quantitative estimate of drug-likeness (QED) is 0.844. The molecule has 0 aliphatic heterocycles. The van der Waals surface area contributed by atoms with Gasteiger partial charge in [-0.25, -0.2) is 4.79 Å². The smallest absolute Gasteiger partial charge is 0.335 e. The van der Waals surface area contributed by atoms with E-state index in [0.29, 0.717) is 5.56 Å². The first-order chi connectivity index (χ1) is 10.1. The van der Waals surface area contributed by atoms with Crippen LogP contribution in [0.2, 0.25) is 0 Å². The lowest BCUT2D eigenvalue weighted by atomic mass is 10.0. The van der Waals surface area contributed by atoms with Crippen LogP contribution in [-0.2, 0) is 19.9 Å². The summed E-state index contributed by atoms with van der Waals surface area (Å²) in [6.07, 6.45) is 3.48. The Hall–Kier alpha value is -2.14. The van der Waals surface area contributed by atoms with Crippen LogP contribution in [0.25, 0.3) is 0 Å². The first kappa shape index (κ1) is 15.3. The molecule has 0 fully saturated rings. The minimum atomic E-state index is -0.858. The van der Waals surface area contributed by atoms with Crippen LogP contribution in [0.1, 0.15) is 21.6 Å². The second kappa shape index (κ2) is 7.04. The van der Waals surface area contributed by atoms with Crippen molar-refractivity contribution >= 4 is 5.97 Å². The molecule has 5 nitrogen and oxygen atoms in total. The molecule has 0 unspecified atom stereocenters. The maximum Gasteiger partial charge on any atom is 0.335 e. The van der Waals surface area contributed by atoms with Crippen molar-refractivity contribution in [2.45, 2.75) is 12.8 Å². The summed E-state index contributed by atoms with van der Waals surface area (Å²) in [6.45, 7) is 1.76. The zero-order chi connectivity index (χ0) is 15.2. The number of rotatable bonds is 7. The van der Waals surface area contributed by atoms with Crippen LogP contribution >= 0.6 is 0 Å². The highest BCUT2D eigenvalue weighted by Crippen LogP contribution is 2.10. The fourth-order valence-electron chi connectivity index (χ4n) is 2.32. The first-order valence-electron chi connectivity index (χ1n) is 7.04. The van der Waals surface area contributed by atoms with Gasteiger partial charge in [0.2, 0.25) is 0 Å². The zero-order valence-electron chi connectivity index (χ0n) is 12.5. The van der Waals surface area contributed by atoms with Crippen LogP contribution < -0.4 is 0 Å². The van der Waals surface area contributed by atoms with Gasteiger partial charge in [-0.3, -0.25) is 4.68 Å². The van der Waals surface area contributed by atoms with Crippen molar-refractivity contribution in [2.24, 2.45) is 7.05 Å². The Labute approximate surface area is 124 Å². The number of likely N-dealkylation sites (N-methyl/N-ethyl adjacent to an activating group) is 1. The lowest BCUT2D eigenvalue weighted by Crippen LogP contribution is -2.25. The highest BCUT2D eigenvalue weighted by atomic mass is 16.4. The highest BCUT2D eigenvalue weighted by molar-refractivity contribution is 5.89. The van der Waals surface area contributed by atoms with Crippen molar-refractivity contribution in [1.82, 2.24) is 14.7 Å². The van der Waals surface area contributed by atoms with Gasteiger partial charge in [-0.05, 0) is 31.2 Å². The third-order valence-corrected chi connectivity index (χ3v) is 3.68. The summed E-state index contributed by atoms with van der Waals surface area (Å²) >= 11 is 0. The Morgan fingerprint density at radius 1 is 1.24 bits per heavy atom. The number of carboxylic acid groups (broad SMARTS) is 1. The van der Waals surface area contributed by atoms with Crippen molar-refractivity contribution in [3.8, 4) is 0 Å². The summed E-state index contributed by atoms with van der Waals surface area (Å²) < 4.78 is 1.88. The lowest BCUT2D eigenvalue weighted by Gasteiger charge is -2.17. The minimum absolute atomic E-state index is 0.400. The van der Waals surface area contributed by atoms with Gasteiger partial charge in [-0.15, -0.1) is 0 Å². The molecule has 1 aromatic heterocycles. The van der Waals surface area contributed by atoms with Crippen molar-refractivity contribution in [3.63, 3.8) is 0 Å². The molecule has 0 aliphatic rings. The van der Waals surface area contributed by atoms with E-state index < -0.39 is 5.97 Å². The van der Waals surface area contributed by atoms with Crippen LogP contribution in [0.5, 0.6) is 0 Å². The van der Waals surface area contributed by atoms with Crippen LogP contribution in [0.4, 0.5) is 0 Å². The molecule has 5 heteroatoms. The summed E-state index contributed by atoms with van der Waals surface area (Å²) in [4.78, 5) is 13.4. The molecule has 2 rings (SSSR count). The van der Waals surface area contributed by atoms with E-state index >= 15 is 0 Å². The fraction of sp³-hybridized carbons (Fsp3) is 0.375. The second-order valence-corrected chi connectivity index (χ2v) is 5.21. The van der Waals surface area contributed by atoms with Gasteiger partial charge in [-0.1, -0.05) is 18.2 Å². The van der Waals surface area contributed by atoms with Crippen molar-refractivity contribution in [2.75, 3.05) is 20.1 Å². The predicted octanol–water partition coefficient (Wildman–Crippen LogP) is 1.84. The molecular weight excluding hydrogens is 266 g/mol. The van der Waals surface area contributed by atoms with E-state index in [2.05, 4.69) is 17.0 Å². The Kier molecular flexibility index (Phi) is 5.11. The SMILES string of the molecule is CN(CCc1ccccc1C(=O)O)CCc1ccnn1C. The van der Waals surface area contributed by atoms with Gasteiger partial charge in [-0.2, -0.15) is 5.10 Å². The van der Waals surface area contributed by atoms with Gasteiger partial charge >= 0.3 is 5.97 Å². The number of aromatic carboxylic acids is 1. The molecule has 1 aromatic carbocycles. The highest BCUT2D eigenvalue weighted by Gasteiger charge is 2.09. The fourth-order valence-corrected chi connectivity index (χ4v) is 2.32. The van der Waals surface area contributed by atoms with E-state index in [1.807, 2.05) is 29.9 Å². The molecule has 0 saturated carbocycles. The number of benzene rings is 1. The van der Waals surface area contributed by atoms with Crippen molar-refractivity contribution in [3.05, 3.63) is 53.3 Å². The van der Waals surface area contributed by atoms with E-state index in [1.54, 1.807) is 18.3 Å². The molecule has 0 bridgehead atoms. The summed E-state index contributed by atoms with van der Waals surface area (Å²) in [5.74, 6) is -0.858. The monoisotopic (exact) mass is 287 g/mol. The van der Waals surface area contributed by atoms with Crippen molar-refractivity contribution < 1.29 is 9.90 Å². The third kappa shape index (κ3) is 4.16. The summed E-state index contributed by atoms with van der Waals surface area (Å²) in [5, 5.41) is 13.3. The van der Waals surface area contributed by atoms with Crippen LogP contribution in [0.3, 0.4) is 0 Å². The molecule has 0 aliphatic carbocycles. The molecule has 0 spiro atoms. The van der Waals surface area contributed by atoms with Crippen LogP contribution in [-0.4, -0.2) is 45.9 Å². The van der Waals surface area contributed by atoms with Gasteiger partial charge in [0, 0.05) is 38.4 Å². The Morgan fingerprint density at radius 2 is 1.95 bits per heavy atom. The molecule has 0 radical (unpaired) electrons. The molecule has 0 amide bonds. The maximum absolute atomic E-state index is 11.2. The van der Waals surface area contributed by atoms with E-state index in [4.69, 9.17) is 5.11 Å². The van der Waals surface area contributed by atoms with Crippen LogP contribution in [0.15, 0.2) is 36.5 Å². The molecule has 0 saturated heterocycles. The van der Waals surface area contributed by atoms with Crippen molar-refractivity contribution in [1.29, 1.82) is 0 Å². The number of hydrogen-bond donors (Lipinski definition) is 1. The molecular formula is C16H21N3O2. The number of nitrogens with zero attached hydrogens (tertiary/aromatic N) is 3. The predicted molar refractivity (Wildman–Crippen MR) is 81.5 cm³/mol. The molecule has 2 aromatic rings. The normalized spacial score (nSPS) is 11.0. The molecule has 1 heterocycles. The largest absolute Gasteiger partial charge is 0.478 e. The standard InChI is InChI=1S/C16H21N3O2/c1-18(12-9-14-7-10-17-19(14)2)11-8-13-5-3-4-6-15(13)16(20)21/h3-7,10H,8-9,11-12H2,1-2H3,(H,20,21). The average molecular weight is 287 g/mol. The third-order valence-electron chi connectivity index (χ3n) is 3.68. The molecule has 21 heavy (non-hydrogen) atoms. The molecule has 0 atom stereocenters. The Morgan fingerprint density at radius 3 is 2.62 bits per heavy atom. The number of carbonyl (C=O) groups is 1. The van der Waals surface area contributed by atoms with Gasteiger partial charge in [0.25, 0.3) is 0 Å². The zero-order valence-corrected chi connectivity index (χ0v) is 12.5.